The minimum absolute atomic E-state index is 0. The lowest BCUT2D eigenvalue weighted by Crippen LogP contribution is -2.55. The van der Waals surface area contributed by atoms with Crippen LogP contribution in [0.5, 0.6) is 0 Å². The average molecular weight is 609 g/mol. The molecule has 0 unspecified atom stereocenters. The van der Waals surface area contributed by atoms with Gasteiger partial charge in [0, 0.05) is 31.4 Å². The van der Waals surface area contributed by atoms with Crippen LogP contribution in [0.4, 0.5) is 4.79 Å². The van der Waals surface area contributed by atoms with Gasteiger partial charge in [-0.05, 0) is 37.2 Å². The maximum atomic E-state index is 13.4. The van der Waals surface area contributed by atoms with Crippen LogP contribution in [-0.2, 0) is 16.1 Å². The molecule has 0 radical (unpaired) electrons. The highest BCUT2D eigenvalue weighted by atomic mass is 35.5. The third-order valence-corrected chi connectivity index (χ3v) is 9.56. The summed E-state index contributed by atoms with van der Waals surface area (Å²) in [6.45, 7) is 6.75. The Morgan fingerprint density at radius 3 is 2.55 bits per heavy atom. The summed E-state index contributed by atoms with van der Waals surface area (Å²) in [5.41, 5.74) is 1.34. The second-order valence-electron chi connectivity index (χ2n) is 11.0. The number of benzene rings is 1. The number of amides is 2. The molecule has 222 valence electrons. The number of hydrogen-bond donors (Lipinski definition) is 2. The number of carbonyl (C=O) groups excluding carboxylic acids is 2. The topological polar surface area (TPSA) is 73.9 Å². The van der Waals surface area contributed by atoms with Gasteiger partial charge in [-0.25, -0.2) is 4.79 Å². The molecule has 7 nitrogen and oxygen atoms in total. The van der Waals surface area contributed by atoms with Gasteiger partial charge in [-0.2, -0.15) is 0 Å². The van der Waals surface area contributed by atoms with Crippen molar-refractivity contribution < 1.29 is 14.3 Å². The molecule has 1 aromatic carbocycles. The average Bonchev–Trinajstić information content (AvgIpc) is 3.46. The molecule has 1 aliphatic carbocycles. The SMILES string of the molecule is C=CCOC(=O)N1CSC[C@H]1C(=O)N[C@H](CCC1CCCCC1)C(=S)NC1CCN(Cc2ccccc2)CC1.Cl. The van der Waals surface area contributed by atoms with E-state index in [1.807, 2.05) is 0 Å². The molecule has 40 heavy (non-hydrogen) atoms. The molecule has 2 aliphatic heterocycles. The molecule has 3 aliphatic rings. The van der Waals surface area contributed by atoms with Crippen molar-refractivity contribution in [1.82, 2.24) is 20.4 Å². The maximum Gasteiger partial charge on any atom is 0.411 e. The van der Waals surface area contributed by atoms with Crippen molar-refractivity contribution in [3.05, 3.63) is 48.6 Å². The first-order valence-electron chi connectivity index (χ1n) is 14.5. The van der Waals surface area contributed by atoms with Crippen LogP contribution in [-0.4, -0.2) is 76.2 Å². The summed E-state index contributed by atoms with van der Waals surface area (Å²) in [6.07, 6.45) is 11.5. The largest absolute Gasteiger partial charge is 0.445 e. The molecule has 3 fully saturated rings. The fourth-order valence-electron chi connectivity index (χ4n) is 5.85. The highest BCUT2D eigenvalue weighted by molar-refractivity contribution is 7.99. The third kappa shape index (κ3) is 9.93. The zero-order chi connectivity index (χ0) is 27.5. The lowest BCUT2D eigenvalue weighted by atomic mass is 9.85. The van der Waals surface area contributed by atoms with E-state index >= 15 is 0 Å². The number of hydrogen-bond acceptors (Lipinski definition) is 6. The van der Waals surface area contributed by atoms with Crippen molar-refractivity contribution in [1.29, 1.82) is 0 Å². The molecule has 2 atom stereocenters. The molecule has 2 N–H and O–H groups in total. The number of carbonyl (C=O) groups is 2. The lowest BCUT2D eigenvalue weighted by molar-refractivity contribution is -0.125. The van der Waals surface area contributed by atoms with E-state index < -0.39 is 12.1 Å². The summed E-state index contributed by atoms with van der Waals surface area (Å²) in [7, 11) is 0. The number of thioether (sulfide) groups is 1. The molecule has 2 heterocycles. The number of thiocarbonyl (C=S) groups is 1. The molecule has 4 rings (SSSR count). The number of halogens is 1. The van der Waals surface area contributed by atoms with E-state index in [9.17, 15) is 9.59 Å². The molecule has 0 bridgehead atoms. The molecular weight excluding hydrogens is 564 g/mol. The van der Waals surface area contributed by atoms with Crippen molar-refractivity contribution in [2.45, 2.75) is 82.5 Å². The van der Waals surface area contributed by atoms with Gasteiger partial charge in [0.05, 0.1) is 16.9 Å². The zero-order valence-corrected chi connectivity index (χ0v) is 25.9. The molecule has 1 aromatic rings. The number of nitrogens with zero attached hydrogens (tertiary/aromatic N) is 2. The van der Waals surface area contributed by atoms with Gasteiger partial charge in [0.25, 0.3) is 0 Å². The molecule has 0 aromatic heterocycles. The number of piperidine rings is 1. The minimum atomic E-state index is -0.548. The number of nitrogens with one attached hydrogen (secondary N) is 2. The Hall–Kier alpha value is -1.81. The van der Waals surface area contributed by atoms with Crippen LogP contribution in [0.3, 0.4) is 0 Å². The van der Waals surface area contributed by atoms with Crippen LogP contribution >= 0.6 is 36.4 Å². The van der Waals surface area contributed by atoms with Gasteiger partial charge < -0.3 is 15.4 Å². The Morgan fingerprint density at radius 1 is 1.12 bits per heavy atom. The molecule has 2 saturated heterocycles. The summed E-state index contributed by atoms with van der Waals surface area (Å²) in [6, 6.07) is 10.1. The van der Waals surface area contributed by atoms with Gasteiger partial charge in [0.15, 0.2) is 0 Å². The van der Waals surface area contributed by atoms with E-state index in [1.165, 1.54) is 48.6 Å². The first-order valence-corrected chi connectivity index (χ1v) is 16.1. The number of ether oxygens (including phenoxy) is 1. The predicted molar refractivity (Wildman–Crippen MR) is 170 cm³/mol. The van der Waals surface area contributed by atoms with Gasteiger partial charge in [0.2, 0.25) is 5.91 Å². The predicted octanol–water partition coefficient (Wildman–Crippen LogP) is 5.53. The van der Waals surface area contributed by atoms with E-state index in [2.05, 4.69) is 52.4 Å². The second-order valence-corrected chi connectivity index (χ2v) is 12.5. The smallest absolute Gasteiger partial charge is 0.411 e. The third-order valence-electron chi connectivity index (χ3n) is 8.15. The minimum Gasteiger partial charge on any atom is -0.445 e. The van der Waals surface area contributed by atoms with E-state index in [1.54, 1.807) is 11.8 Å². The molecular formula is C30H45ClN4O3S2. The quantitative estimate of drug-likeness (QED) is 0.253. The van der Waals surface area contributed by atoms with E-state index in [-0.39, 0.29) is 31.0 Å². The van der Waals surface area contributed by atoms with Crippen LogP contribution in [0.1, 0.15) is 63.4 Å². The van der Waals surface area contributed by atoms with Gasteiger partial charge in [-0.3, -0.25) is 14.6 Å². The van der Waals surface area contributed by atoms with Crippen molar-refractivity contribution in [3.63, 3.8) is 0 Å². The standard InChI is InChI=1S/C30H44N4O3S2.ClH/c1-2-19-37-30(36)34-22-39-21-27(34)28(35)32-26(14-13-23-9-5-3-6-10-23)29(38)31-25-15-17-33(18-16-25)20-24-11-7-4-8-12-24;/h2,4,7-8,11-12,23,25-27H,1,3,5-6,9-10,13-22H2,(H,31,38)(H,32,35);1H/t26-,27+;/m1./s1. The zero-order valence-electron chi connectivity index (χ0n) is 23.4. The monoisotopic (exact) mass is 608 g/mol. The van der Waals surface area contributed by atoms with Crippen LogP contribution in [0, 0.1) is 5.92 Å². The Labute approximate surface area is 255 Å². The molecule has 2 amide bonds. The lowest BCUT2D eigenvalue weighted by Gasteiger charge is -2.34. The van der Waals surface area contributed by atoms with Crippen molar-refractivity contribution >= 4 is 53.4 Å². The normalized spacial score (nSPS) is 21.2. The Morgan fingerprint density at radius 2 is 1.85 bits per heavy atom. The van der Waals surface area contributed by atoms with Crippen LogP contribution in [0.15, 0.2) is 43.0 Å². The number of rotatable bonds is 11. The summed E-state index contributed by atoms with van der Waals surface area (Å²) in [5.74, 6) is 1.57. The molecule has 0 spiro atoms. The van der Waals surface area contributed by atoms with Crippen molar-refractivity contribution in [3.8, 4) is 0 Å². The van der Waals surface area contributed by atoms with Crippen LogP contribution < -0.4 is 10.6 Å². The summed E-state index contributed by atoms with van der Waals surface area (Å²) in [5, 5.41) is 6.85. The van der Waals surface area contributed by atoms with Gasteiger partial charge in [-0.1, -0.05) is 87.3 Å². The van der Waals surface area contributed by atoms with Crippen LogP contribution in [0.2, 0.25) is 0 Å². The summed E-state index contributed by atoms with van der Waals surface area (Å²) < 4.78 is 5.21. The fraction of sp³-hybridized carbons (Fsp3) is 0.633. The maximum absolute atomic E-state index is 13.4. The van der Waals surface area contributed by atoms with Crippen molar-refractivity contribution in [2.24, 2.45) is 5.92 Å². The van der Waals surface area contributed by atoms with Gasteiger partial charge >= 0.3 is 6.09 Å². The summed E-state index contributed by atoms with van der Waals surface area (Å²) in [4.78, 5) is 30.7. The highest BCUT2D eigenvalue weighted by Gasteiger charge is 2.37. The Bertz CT molecular complexity index is 956. The summed E-state index contributed by atoms with van der Waals surface area (Å²) >= 11 is 7.49. The van der Waals surface area contributed by atoms with Gasteiger partial charge in [-0.15, -0.1) is 24.2 Å². The highest BCUT2D eigenvalue weighted by Crippen LogP contribution is 2.28. The van der Waals surface area contributed by atoms with Gasteiger partial charge in [0.1, 0.15) is 12.6 Å². The second kappa shape index (κ2) is 17.2. The van der Waals surface area contributed by atoms with Crippen LogP contribution in [0.25, 0.3) is 0 Å². The first kappa shape index (κ1) is 32.7. The number of likely N-dealkylation sites (tertiary alicyclic amines) is 1. The van der Waals surface area contributed by atoms with E-state index in [0.29, 0.717) is 23.6 Å². The van der Waals surface area contributed by atoms with E-state index in [0.717, 1.165) is 50.3 Å². The molecule has 1 saturated carbocycles. The van der Waals surface area contributed by atoms with E-state index in [4.69, 9.17) is 17.0 Å². The Kier molecular flexibility index (Phi) is 14.1. The Balaban J connectivity index is 0.00000441. The fourth-order valence-corrected chi connectivity index (χ4v) is 7.33. The molecule has 10 heteroatoms. The first-order chi connectivity index (χ1) is 19.0. The van der Waals surface area contributed by atoms with Crippen molar-refractivity contribution in [2.75, 3.05) is 31.3 Å².